The molecule has 0 aliphatic carbocycles. The lowest BCUT2D eigenvalue weighted by atomic mass is 10.0. The first-order valence-electron chi connectivity index (χ1n) is 9.92. The topological polar surface area (TPSA) is 87.9 Å². The number of nitrogens with one attached hydrogen (secondary N) is 1. The fourth-order valence-electron chi connectivity index (χ4n) is 3.58. The van der Waals surface area contributed by atoms with Crippen LogP contribution in [0.4, 0.5) is 5.82 Å². The molecule has 6 nitrogen and oxygen atoms in total. The molecule has 5 heterocycles. The Bertz CT molecular complexity index is 1360. The second-order valence-electron chi connectivity index (χ2n) is 7.20. The van der Waals surface area contributed by atoms with Gasteiger partial charge in [0.1, 0.15) is 11.5 Å². The van der Waals surface area contributed by atoms with Crippen molar-refractivity contribution in [3.63, 3.8) is 0 Å². The number of hydrogen-bond acceptors (Lipinski definition) is 5. The standard InChI is InChI=1S/C24H19N5OS/c25-23-19-15-21(28-20(19)8-12-27-23)16-9-13-29(14-10-16)24(30)22-7-6-18(31-22)5-4-17-3-1-2-11-26-17/h1-3,6-9,11-12,15,28H,10,13-14H2,(H2,25,27). The molecule has 0 atom stereocenters. The second-order valence-corrected chi connectivity index (χ2v) is 8.28. The molecular weight excluding hydrogens is 406 g/mol. The fourth-order valence-corrected chi connectivity index (χ4v) is 4.41. The van der Waals surface area contributed by atoms with E-state index in [1.54, 1.807) is 12.4 Å². The lowest BCUT2D eigenvalue weighted by Crippen LogP contribution is -2.34. The van der Waals surface area contributed by atoms with Gasteiger partial charge in [-0.05, 0) is 60.2 Å². The molecule has 0 radical (unpaired) electrons. The Hall–Kier alpha value is -3.89. The lowest BCUT2D eigenvalue weighted by Gasteiger charge is -2.25. The molecule has 152 valence electrons. The number of hydrogen-bond donors (Lipinski definition) is 2. The molecule has 4 aromatic heterocycles. The number of nitrogens with two attached hydrogens (primary N) is 1. The van der Waals surface area contributed by atoms with Gasteiger partial charge in [0.15, 0.2) is 0 Å². The third kappa shape index (κ3) is 3.93. The van der Waals surface area contributed by atoms with Crippen LogP contribution in [0.1, 0.15) is 32.4 Å². The first kappa shape index (κ1) is 19.1. The SMILES string of the molecule is Nc1nccc2[nH]c(C3=CCN(C(=O)c4ccc(C#Cc5ccccn5)s4)CC3)cc12. The highest BCUT2D eigenvalue weighted by molar-refractivity contribution is 7.14. The summed E-state index contributed by atoms with van der Waals surface area (Å²) in [5, 5.41) is 0.926. The minimum absolute atomic E-state index is 0.0382. The summed E-state index contributed by atoms with van der Waals surface area (Å²) in [7, 11) is 0. The quantitative estimate of drug-likeness (QED) is 0.476. The molecule has 1 amide bonds. The van der Waals surface area contributed by atoms with Crippen molar-refractivity contribution in [2.24, 2.45) is 0 Å². The van der Waals surface area contributed by atoms with Crippen molar-refractivity contribution in [1.29, 1.82) is 0 Å². The zero-order valence-electron chi connectivity index (χ0n) is 16.6. The molecule has 0 spiro atoms. The Kier molecular flexibility index (Phi) is 4.98. The summed E-state index contributed by atoms with van der Waals surface area (Å²) >= 11 is 1.42. The van der Waals surface area contributed by atoms with E-state index in [1.165, 1.54) is 16.9 Å². The van der Waals surface area contributed by atoms with E-state index in [2.05, 4.69) is 32.9 Å². The number of nitrogens with zero attached hydrogens (tertiary/aromatic N) is 3. The molecule has 0 fully saturated rings. The van der Waals surface area contributed by atoms with Crippen LogP contribution in [-0.4, -0.2) is 38.8 Å². The highest BCUT2D eigenvalue weighted by Crippen LogP contribution is 2.28. The maximum Gasteiger partial charge on any atom is 0.264 e. The van der Waals surface area contributed by atoms with E-state index in [1.807, 2.05) is 47.4 Å². The average Bonchev–Trinajstić information content (AvgIpc) is 3.46. The van der Waals surface area contributed by atoms with Gasteiger partial charge in [0.05, 0.1) is 15.3 Å². The van der Waals surface area contributed by atoms with Crippen molar-refractivity contribution >= 4 is 39.5 Å². The summed E-state index contributed by atoms with van der Waals surface area (Å²) in [5.74, 6) is 6.68. The molecule has 1 aliphatic heterocycles. The Balaban J connectivity index is 1.28. The molecule has 1 aliphatic rings. The number of amides is 1. The third-order valence-electron chi connectivity index (χ3n) is 5.22. The number of pyridine rings is 2. The number of fused-ring (bicyclic) bond motifs is 1. The van der Waals surface area contributed by atoms with Crippen LogP contribution in [0.2, 0.25) is 0 Å². The van der Waals surface area contributed by atoms with Gasteiger partial charge in [-0.2, -0.15) is 0 Å². The van der Waals surface area contributed by atoms with Gasteiger partial charge in [-0.1, -0.05) is 12.1 Å². The number of aromatic amines is 1. The minimum Gasteiger partial charge on any atom is -0.383 e. The van der Waals surface area contributed by atoms with Gasteiger partial charge in [-0.3, -0.25) is 4.79 Å². The van der Waals surface area contributed by atoms with Gasteiger partial charge in [0.2, 0.25) is 0 Å². The van der Waals surface area contributed by atoms with E-state index in [0.717, 1.165) is 27.9 Å². The van der Waals surface area contributed by atoms with Gasteiger partial charge in [-0.15, -0.1) is 11.3 Å². The summed E-state index contributed by atoms with van der Waals surface area (Å²) in [6, 6.07) is 13.3. The summed E-state index contributed by atoms with van der Waals surface area (Å²) in [4.78, 5) is 28.1. The van der Waals surface area contributed by atoms with Crippen LogP contribution in [0.15, 0.2) is 60.9 Å². The Morgan fingerprint density at radius 1 is 1.13 bits per heavy atom. The molecule has 4 aromatic rings. The maximum absolute atomic E-state index is 12.9. The number of H-pyrrole nitrogens is 1. The maximum atomic E-state index is 12.9. The molecule has 0 saturated heterocycles. The molecule has 31 heavy (non-hydrogen) atoms. The van der Waals surface area contributed by atoms with Crippen molar-refractivity contribution in [2.75, 3.05) is 18.8 Å². The zero-order valence-corrected chi connectivity index (χ0v) is 17.4. The predicted octanol–water partition coefficient (Wildman–Crippen LogP) is 3.93. The van der Waals surface area contributed by atoms with E-state index in [9.17, 15) is 4.79 Å². The van der Waals surface area contributed by atoms with Crippen molar-refractivity contribution in [2.45, 2.75) is 6.42 Å². The van der Waals surface area contributed by atoms with Crippen LogP contribution < -0.4 is 5.73 Å². The molecule has 3 N–H and O–H groups in total. The van der Waals surface area contributed by atoms with Crippen LogP contribution in [0.3, 0.4) is 0 Å². The molecule has 0 bridgehead atoms. The zero-order chi connectivity index (χ0) is 21.2. The van der Waals surface area contributed by atoms with Gasteiger partial charge < -0.3 is 15.6 Å². The summed E-state index contributed by atoms with van der Waals surface area (Å²) in [6.07, 6.45) is 6.30. The van der Waals surface area contributed by atoms with Crippen molar-refractivity contribution in [1.82, 2.24) is 19.9 Å². The highest BCUT2D eigenvalue weighted by atomic mass is 32.1. The molecule has 0 aromatic carbocycles. The molecule has 0 saturated carbocycles. The first-order valence-corrected chi connectivity index (χ1v) is 10.7. The number of thiophene rings is 1. The van der Waals surface area contributed by atoms with E-state index in [4.69, 9.17) is 5.73 Å². The monoisotopic (exact) mass is 425 g/mol. The van der Waals surface area contributed by atoms with Gasteiger partial charge in [0.25, 0.3) is 5.91 Å². The fraction of sp³-hybridized carbons (Fsp3) is 0.125. The normalized spacial score (nSPS) is 13.5. The first-order chi connectivity index (χ1) is 15.2. The number of aromatic nitrogens is 3. The van der Waals surface area contributed by atoms with Crippen LogP contribution in [0.25, 0.3) is 16.5 Å². The van der Waals surface area contributed by atoms with Crippen molar-refractivity contribution < 1.29 is 4.79 Å². The number of carbonyl (C=O) groups is 1. The average molecular weight is 426 g/mol. The smallest absolute Gasteiger partial charge is 0.264 e. The lowest BCUT2D eigenvalue weighted by molar-refractivity contribution is 0.0777. The summed E-state index contributed by atoms with van der Waals surface area (Å²) in [5.41, 5.74) is 9.87. The number of anilines is 1. The van der Waals surface area contributed by atoms with Crippen LogP contribution in [-0.2, 0) is 0 Å². The van der Waals surface area contributed by atoms with Crippen LogP contribution in [0, 0.1) is 11.8 Å². The third-order valence-corrected chi connectivity index (χ3v) is 6.21. The van der Waals surface area contributed by atoms with E-state index in [-0.39, 0.29) is 5.91 Å². The van der Waals surface area contributed by atoms with E-state index >= 15 is 0 Å². The second kappa shape index (κ2) is 8.09. The van der Waals surface area contributed by atoms with Crippen LogP contribution in [0.5, 0.6) is 0 Å². The van der Waals surface area contributed by atoms with E-state index < -0.39 is 0 Å². The Morgan fingerprint density at radius 3 is 2.84 bits per heavy atom. The molecular formula is C24H19N5OS. The summed E-state index contributed by atoms with van der Waals surface area (Å²) < 4.78 is 0. The Labute approximate surface area is 183 Å². The van der Waals surface area contributed by atoms with Crippen molar-refractivity contribution in [3.05, 3.63) is 82.1 Å². The largest absolute Gasteiger partial charge is 0.383 e. The van der Waals surface area contributed by atoms with Crippen LogP contribution >= 0.6 is 11.3 Å². The summed E-state index contributed by atoms with van der Waals surface area (Å²) in [6.45, 7) is 1.24. The number of nitrogen functional groups attached to an aromatic ring is 1. The van der Waals surface area contributed by atoms with Gasteiger partial charge in [0, 0.05) is 36.6 Å². The van der Waals surface area contributed by atoms with E-state index in [0.29, 0.717) is 29.5 Å². The predicted molar refractivity (Wildman–Crippen MR) is 124 cm³/mol. The van der Waals surface area contributed by atoms with Gasteiger partial charge >= 0.3 is 0 Å². The van der Waals surface area contributed by atoms with Crippen molar-refractivity contribution in [3.8, 4) is 11.8 Å². The Morgan fingerprint density at radius 2 is 2.06 bits per heavy atom. The molecule has 5 rings (SSSR count). The van der Waals surface area contributed by atoms with Gasteiger partial charge in [-0.25, -0.2) is 9.97 Å². The molecule has 7 heteroatoms. The highest BCUT2D eigenvalue weighted by Gasteiger charge is 2.21. The number of carbonyl (C=O) groups excluding carboxylic acids is 1. The minimum atomic E-state index is 0.0382. The number of rotatable bonds is 2. The molecule has 0 unspecified atom stereocenters.